The van der Waals surface area contributed by atoms with Crippen molar-refractivity contribution >= 4 is 5.69 Å². The number of nitro benzene ring substituents is 1. The first-order valence-corrected chi connectivity index (χ1v) is 5.38. The highest BCUT2D eigenvalue weighted by Crippen LogP contribution is 2.63. The van der Waals surface area contributed by atoms with Gasteiger partial charge in [-0.3, -0.25) is 10.1 Å². The minimum absolute atomic E-state index is 0.0160. The average Bonchev–Trinajstić information content (AvgIpc) is 2.82. The summed E-state index contributed by atoms with van der Waals surface area (Å²) in [6.45, 7) is 4.96. The van der Waals surface area contributed by atoms with Gasteiger partial charge in [0.15, 0.2) is 0 Å². The van der Waals surface area contributed by atoms with E-state index in [4.69, 9.17) is 5.73 Å². The van der Waals surface area contributed by atoms with Gasteiger partial charge in [-0.05, 0) is 17.4 Å². The number of benzene rings is 1. The minimum Gasteiger partial charge on any atom is -0.330 e. The Balaban J connectivity index is 2.33. The maximum absolute atomic E-state index is 10.6. The minimum atomic E-state index is -0.378. The maximum atomic E-state index is 10.6. The maximum Gasteiger partial charge on any atom is 0.269 e. The molecular weight excluding hydrogens is 204 g/mol. The van der Waals surface area contributed by atoms with Crippen molar-refractivity contribution in [1.29, 1.82) is 0 Å². The van der Waals surface area contributed by atoms with Crippen molar-refractivity contribution in [3.05, 3.63) is 39.9 Å². The van der Waals surface area contributed by atoms with Crippen molar-refractivity contribution in [3.63, 3.8) is 0 Å². The summed E-state index contributed by atoms with van der Waals surface area (Å²) < 4.78 is 0. The molecule has 1 aliphatic rings. The fourth-order valence-corrected chi connectivity index (χ4v) is 2.57. The first kappa shape index (κ1) is 11.1. The number of hydrogen-bond donors (Lipinski definition) is 1. The Labute approximate surface area is 94.6 Å². The second kappa shape index (κ2) is 3.28. The summed E-state index contributed by atoms with van der Waals surface area (Å²) in [5, 5.41) is 10.6. The lowest BCUT2D eigenvalue weighted by atomic mass is 9.88. The summed E-state index contributed by atoms with van der Waals surface area (Å²) in [5.41, 5.74) is 7.31. The highest BCUT2D eigenvalue weighted by molar-refractivity contribution is 5.42. The Morgan fingerprint density at radius 1 is 1.38 bits per heavy atom. The summed E-state index contributed by atoms with van der Waals surface area (Å²) in [4.78, 5) is 10.2. The number of nitro groups is 1. The van der Waals surface area contributed by atoms with Crippen LogP contribution in [0.3, 0.4) is 0 Å². The standard InChI is InChI=1S/C12H16N2O2/c1-11(2)7-12(11,8-13)9-3-5-10(6-4-9)14(15)16/h3-6H,7-8,13H2,1-2H3. The van der Waals surface area contributed by atoms with E-state index in [0.717, 1.165) is 12.0 Å². The molecule has 1 unspecified atom stereocenters. The van der Waals surface area contributed by atoms with Crippen LogP contribution in [0, 0.1) is 15.5 Å². The molecule has 2 rings (SSSR count). The summed E-state index contributed by atoms with van der Waals surface area (Å²) in [5.74, 6) is 0. The van der Waals surface area contributed by atoms with Crippen LogP contribution < -0.4 is 5.73 Å². The number of rotatable bonds is 3. The van der Waals surface area contributed by atoms with Crippen LogP contribution in [0.25, 0.3) is 0 Å². The first-order chi connectivity index (χ1) is 7.43. The monoisotopic (exact) mass is 220 g/mol. The topological polar surface area (TPSA) is 69.2 Å². The van der Waals surface area contributed by atoms with E-state index in [2.05, 4.69) is 13.8 Å². The Morgan fingerprint density at radius 2 is 1.88 bits per heavy atom. The van der Waals surface area contributed by atoms with Crippen LogP contribution >= 0.6 is 0 Å². The molecule has 0 heterocycles. The molecule has 4 nitrogen and oxygen atoms in total. The quantitative estimate of drug-likeness (QED) is 0.627. The van der Waals surface area contributed by atoms with Crippen molar-refractivity contribution in [2.45, 2.75) is 25.7 Å². The van der Waals surface area contributed by atoms with Gasteiger partial charge in [-0.25, -0.2) is 0 Å². The SMILES string of the molecule is CC1(C)CC1(CN)c1ccc([N+](=O)[O-])cc1. The molecule has 1 aromatic carbocycles. The third-order valence-electron chi connectivity index (χ3n) is 3.89. The molecule has 0 amide bonds. The lowest BCUT2D eigenvalue weighted by Crippen LogP contribution is -2.25. The zero-order valence-electron chi connectivity index (χ0n) is 9.56. The Bertz CT molecular complexity index is 425. The normalized spacial score (nSPS) is 26.4. The highest BCUT2D eigenvalue weighted by Gasteiger charge is 2.60. The van der Waals surface area contributed by atoms with Gasteiger partial charge >= 0.3 is 0 Å². The van der Waals surface area contributed by atoms with Gasteiger partial charge in [0.1, 0.15) is 0 Å². The molecule has 1 aliphatic carbocycles. The molecule has 0 bridgehead atoms. The van der Waals surface area contributed by atoms with E-state index < -0.39 is 0 Å². The molecule has 1 fully saturated rings. The van der Waals surface area contributed by atoms with Gasteiger partial charge in [-0.15, -0.1) is 0 Å². The van der Waals surface area contributed by atoms with E-state index in [1.54, 1.807) is 12.1 Å². The summed E-state index contributed by atoms with van der Waals surface area (Å²) in [6, 6.07) is 6.78. The molecular formula is C12H16N2O2. The lowest BCUT2D eigenvalue weighted by molar-refractivity contribution is -0.384. The van der Waals surface area contributed by atoms with E-state index in [9.17, 15) is 10.1 Å². The predicted octanol–water partition coefficient (Wildman–Crippen LogP) is 2.22. The fourth-order valence-electron chi connectivity index (χ4n) is 2.57. The molecule has 0 aliphatic heterocycles. The van der Waals surface area contributed by atoms with Crippen LogP contribution in [0.2, 0.25) is 0 Å². The predicted molar refractivity (Wildman–Crippen MR) is 62.2 cm³/mol. The van der Waals surface area contributed by atoms with E-state index in [1.807, 2.05) is 12.1 Å². The molecule has 0 saturated heterocycles. The second-order valence-electron chi connectivity index (χ2n) is 5.15. The smallest absolute Gasteiger partial charge is 0.269 e. The average molecular weight is 220 g/mol. The van der Waals surface area contributed by atoms with Crippen LogP contribution in [0.4, 0.5) is 5.69 Å². The molecule has 1 saturated carbocycles. The second-order valence-corrected chi connectivity index (χ2v) is 5.15. The van der Waals surface area contributed by atoms with Crippen molar-refractivity contribution < 1.29 is 4.92 Å². The Hall–Kier alpha value is -1.42. The molecule has 2 N–H and O–H groups in total. The number of nitrogens with zero attached hydrogens (tertiary/aromatic N) is 1. The van der Waals surface area contributed by atoms with Gasteiger partial charge in [0.25, 0.3) is 5.69 Å². The zero-order valence-corrected chi connectivity index (χ0v) is 9.56. The largest absolute Gasteiger partial charge is 0.330 e. The lowest BCUT2D eigenvalue weighted by Gasteiger charge is -2.18. The van der Waals surface area contributed by atoms with Crippen LogP contribution in [0.15, 0.2) is 24.3 Å². The molecule has 4 heteroatoms. The van der Waals surface area contributed by atoms with Crippen LogP contribution in [0.1, 0.15) is 25.8 Å². The van der Waals surface area contributed by atoms with E-state index in [0.29, 0.717) is 6.54 Å². The zero-order chi connectivity index (χ0) is 12.0. The van der Waals surface area contributed by atoms with Gasteiger partial charge in [0.05, 0.1) is 4.92 Å². The van der Waals surface area contributed by atoms with Crippen LogP contribution in [-0.2, 0) is 5.41 Å². The molecule has 0 radical (unpaired) electrons. The number of non-ortho nitro benzene ring substituents is 1. The molecule has 1 aromatic rings. The van der Waals surface area contributed by atoms with Gasteiger partial charge in [0.2, 0.25) is 0 Å². The van der Waals surface area contributed by atoms with Gasteiger partial charge < -0.3 is 5.73 Å². The van der Waals surface area contributed by atoms with E-state index >= 15 is 0 Å². The summed E-state index contributed by atoms with van der Waals surface area (Å²) >= 11 is 0. The van der Waals surface area contributed by atoms with Crippen molar-refractivity contribution in [2.75, 3.05) is 6.54 Å². The Kier molecular flexibility index (Phi) is 2.27. The summed E-state index contributed by atoms with van der Waals surface area (Å²) in [7, 11) is 0. The molecule has 16 heavy (non-hydrogen) atoms. The molecule has 0 spiro atoms. The molecule has 86 valence electrons. The summed E-state index contributed by atoms with van der Waals surface area (Å²) in [6.07, 6.45) is 1.05. The van der Waals surface area contributed by atoms with Gasteiger partial charge in [-0.1, -0.05) is 26.0 Å². The van der Waals surface area contributed by atoms with Crippen molar-refractivity contribution in [1.82, 2.24) is 0 Å². The van der Waals surface area contributed by atoms with Gasteiger partial charge in [-0.2, -0.15) is 0 Å². The Morgan fingerprint density at radius 3 is 2.19 bits per heavy atom. The van der Waals surface area contributed by atoms with Crippen molar-refractivity contribution in [3.8, 4) is 0 Å². The molecule has 0 aromatic heterocycles. The first-order valence-electron chi connectivity index (χ1n) is 5.38. The van der Waals surface area contributed by atoms with Crippen LogP contribution in [-0.4, -0.2) is 11.5 Å². The van der Waals surface area contributed by atoms with Crippen LogP contribution in [0.5, 0.6) is 0 Å². The molecule has 1 atom stereocenters. The number of nitrogens with two attached hydrogens (primary N) is 1. The van der Waals surface area contributed by atoms with Crippen molar-refractivity contribution in [2.24, 2.45) is 11.1 Å². The van der Waals surface area contributed by atoms with E-state index in [1.165, 1.54) is 0 Å². The fraction of sp³-hybridized carbons (Fsp3) is 0.500. The van der Waals surface area contributed by atoms with Gasteiger partial charge in [0, 0.05) is 24.1 Å². The third kappa shape index (κ3) is 1.41. The highest BCUT2D eigenvalue weighted by atomic mass is 16.6. The van der Waals surface area contributed by atoms with E-state index in [-0.39, 0.29) is 21.4 Å². The number of hydrogen-bond acceptors (Lipinski definition) is 3. The third-order valence-corrected chi connectivity index (χ3v) is 3.89.